The molecular formula is C42H79NO8P+. The van der Waals surface area contributed by atoms with Crippen molar-refractivity contribution < 1.29 is 42.1 Å². The zero-order valence-electron chi connectivity index (χ0n) is 34.0. The smallest absolute Gasteiger partial charge is 0.462 e. The molecule has 0 radical (unpaired) electrons. The second-order valence-electron chi connectivity index (χ2n) is 15.0. The van der Waals surface area contributed by atoms with Crippen LogP contribution in [-0.2, 0) is 32.7 Å². The molecule has 0 aromatic rings. The Morgan fingerprint density at radius 3 is 1.60 bits per heavy atom. The van der Waals surface area contributed by atoms with Gasteiger partial charge in [0, 0.05) is 12.8 Å². The van der Waals surface area contributed by atoms with Crippen LogP contribution in [0.2, 0.25) is 0 Å². The molecule has 1 unspecified atom stereocenters. The summed E-state index contributed by atoms with van der Waals surface area (Å²) in [5.74, 6) is -0.826. The van der Waals surface area contributed by atoms with Gasteiger partial charge in [-0.2, -0.15) is 0 Å². The van der Waals surface area contributed by atoms with Crippen LogP contribution in [0.5, 0.6) is 0 Å². The summed E-state index contributed by atoms with van der Waals surface area (Å²) < 4.78 is 34.2. The monoisotopic (exact) mass is 757 g/mol. The molecule has 2 atom stereocenters. The van der Waals surface area contributed by atoms with Gasteiger partial charge in [0.25, 0.3) is 0 Å². The Labute approximate surface area is 319 Å². The van der Waals surface area contributed by atoms with Crippen LogP contribution in [0.3, 0.4) is 0 Å². The minimum absolute atomic E-state index is 0.0274. The Morgan fingerprint density at radius 2 is 1.06 bits per heavy atom. The third-order valence-electron chi connectivity index (χ3n) is 8.64. The van der Waals surface area contributed by atoms with Gasteiger partial charge in [-0.05, 0) is 64.2 Å². The zero-order chi connectivity index (χ0) is 38.6. The number of phosphoric ester groups is 1. The molecule has 0 bridgehead atoms. The lowest BCUT2D eigenvalue weighted by Gasteiger charge is -2.24. The first-order valence-electron chi connectivity index (χ1n) is 20.7. The van der Waals surface area contributed by atoms with E-state index < -0.39 is 26.5 Å². The van der Waals surface area contributed by atoms with E-state index in [0.717, 1.165) is 77.0 Å². The highest BCUT2D eigenvalue weighted by atomic mass is 31.2. The fraction of sp³-hybridized carbons (Fsp3) is 0.810. The Kier molecular flexibility index (Phi) is 33.8. The van der Waals surface area contributed by atoms with Crippen LogP contribution < -0.4 is 0 Å². The number of unbranched alkanes of at least 4 members (excludes halogenated alkanes) is 17. The third kappa shape index (κ3) is 38.0. The maximum Gasteiger partial charge on any atom is 0.472 e. The number of allylic oxidation sites excluding steroid dienone is 6. The molecule has 52 heavy (non-hydrogen) atoms. The molecule has 0 heterocycles. The lowest BCUT2D eigenvalue weighted by Crippen LogP contribution is -2.37. The zero-order valence-corrected chi connectivity index (χ0v) is 34.9. The number of quaternary nitrogens is 1. The van der Waals surface area contributed by atoms with Crippen LogP contribution in [0.4, 0.5) is 0 Å². The van der Waals surface area contributed by atoms with Crippen LogP contribution in [0.1, 0.15) is 168 Å². The number of carbonyl (C=O) groups is 2. The molecule has 0 saturated carbocycles. The SMILES string of the molecule is CCCC/C=C\C/C=C\CCCCCCCC(=O)OC[C@H](COP(=O)(O)OCC[N+](C)(C)C)OC(=O)CCCCCCC/C=C\CCCCCCC. The number of nitrogens with zero attached hydrogens (tertiary/aromatic N) is 1. The minimum atomic E-state index is -4.37. The summed E-state index contributed by atoms with van der Waals surface area (Å²) in [4.78, 5) is 35.3. The molecule has 0 aromatic carbocycles. The number of likely N-dealkylation sites (N-methyl/N-ethyl adjacent to an activating group) is 1. The summed E-state index contributed by atoms with van der Waals surface area (Å²) in [6.07, 6.45) is 37.5. The van der Waals surface area contributed by atoms with Crippen molar-refractivity contribution in [2.24, 2.45) is 0 Å². The Hall–Kier alpha value is -1.77. The van der Waals surface area contributed by atoms with Gasteiger partial charge in [0.1, 0.15) is 19.8 Å². The second kappa shape index (κ2) is 35.0. The second-order valence-corrected chi connectivity index (χ2v) is 16.5. The standard InChI is InChI=1S/C42H78NO8P/c1-6-8-10-12-14-16-18-20-22-24-26-28-30-32-34-41(44)48-38-40(39-50-52(46,47)49-37-36-43(3,4)5)51-42(45)35-33-31-29-27-25-23-21-19-17-15-13-11-9-7-2/h12,14,18-21,40H,6-11,13,15-17,22-39H2,1-5H3/p+1/b14-12-,20-18-,21-19-/t40-/m1/s1. The molecule has 1 N–H and O–H groups in total. The van der Waals surface area contributed by atoms with Crippen LogP contribution in [0.25, 0.3) is 0 Å². The van der Waals surface area contributed by atoms with Gasteiger partial charge in [-0.1, -0.05) is 127 Å². The van der Waals surface area contributed by atoms with Crippen LogP contribution >= 0.6 is 7.82 Å². The van der Waals surface area contributed by atoms with E-state index in [-0.39, 0.29) is 32.0 Å². The van der Waals surface area contributed by atoms with E-state index in [0.29, 0.717) is 17.4 Å². The first-order chi connectivity index (χ1) is 25.0. The van der Waals surface area contributed by atoms with Crippen molar-refractivity contribution in [1.82, 2.24) is 0 Å². The molecule has 0 aliphatic heterocycles. The summed E-state index contributed by atoms with van der Waals surface area (Å²) in [6, 6.07) is 0. The highest BCUT2D eigenvalue weighted by molar-refractivity contribution is 7.47. The molecule has 0 fully saturated rings. The van der Waals surface area contributed by atoms with Crippen molar-refractivity contribution in [2.75, 3.05) is 47.5 Å². The molecule has 0 aliphatic rings. The third-order valence-corrected chi connectivity index (χ3v) is 9.63. The molecular weight excluding hydrogens is 677 g/mol. The first kappa shape index (κ1) is 50.2. The van der Waals surface area contributed by atoms with Crippen LogP contribution in [0, 0.1) is 0 Å². The van der Waals surface area contributed by atoms with Gasteiger partial charge in [-0.25, -0.2) is 4.57 Å². The molecule has 0 aliphatic carbocycles. The molecule has 0 saturated heterocycles. The van der Waals surface area contributed by atoms with Gasteiger partial charge >= 0.3 is 19.8 Å². The minimum Gasteiger partial charge on any atom is -0.462 e. The number of carbonyl (C=O) groups excluding carboxylic acids is 2. The molecule has 0 amide bonds. The molecule has 0 rings (SSSR count). The first-order valence-corrected chi connectivity index (χ1v) is 22.2. The van der Waals surface area contributed by atoms with E-state index in [2.05, 4.69) is 50.3 Å². The maximum atomic E-state index is 12.6. The van der Waals surface area contributed by atoms with Crippen molar-refractivity contribution in [3.8, 4) is 0 Å². The van der Waals surface area contributed by atoms with E-state index in [1.54, 1.807) is 0 Å². The Bertz CT molecular complexity index is 991. The molecule has 304 valence electrons. The lowest BCUT2D eigenvalue weighted by atomic mass is 10.1. The van der Waals surface area contributed by atoms with Gasteiger partial charge in [0.15, 0.2) is 6.10 Å². The summed E-state index contributed by atoms with van der Waals surface area (Å²) in [6.45, 7) is 4.33. The predicted molar refractivity (Wildman–Crippen MR) is 215 cm³/mol. The van der Waals surface area contributed by atoms with Gasteiger partial charge in [0.05, 0.1) is 27.7 Å². The van der Waals surface area contributed by atoms with Gasteiger partial charge in [0.2, 0.25) is 0 Å². The maximum absolute atomic E-state index is 12.6. The van der Waals surface area contributed by atoms with Crippen molar-refractivity contribution >= 4 is 19.8 Å². The topological polar surface area (TPSA) is 108 Å². The Balaban J connectivity index is 4.44. The van der Waals surface area contributed by atoms with Crippen LogP contribution in [0.15, 0.2) is 36.5 Å². The normalized spacial score (nSPS) is 14.0. The molecule has 0 aromatic heterocycles. The highest BCUT2D eigenvalue weighted by Gasteiger charge is 2.27. The number of phosphoric acid groups is 1. The number of esters is 2. The average molecular weight is 757 g/mol. The molecule has 0 spiro atoms. The van der Waals surface area contributed by atoms with Gasteiger partial charge in [-0.15, -0.1) is 0 Å². The fourth-order valence-electron chi connectivity index (χ4n) is 5.32. The van der Waals surface area contributed by atoms with Crippen molar-refractivity contribution in [3.05, 3.63) is 36.5 Å². The highest BCUT2D eigenvalue weighted by Crippen LogP contribution is 2.43. The predicted octanol–water partition coefficient (Wildman–Crippen LogP) is 11.4. The summed E-state index contributed by atoms with van der Waals surface area (Å²) in [7, 11) is 1.46. The lowest BCUT2D eigenvalue weighted by molar-refractivity contribution is -0.870. The summed E-state index contributed by atoms with van der Waals surface area (Å²) >= 11 is 0. The van der Waals surface area contributed by atoms with Gasteiger partial charge in [-0.3, -0.25) is 18.6 Å². The number of ether oxygens (including phenoxy) is 2. The van der Waals surface area contributed by atoms with Crippen molar-refractivity contribution in [2.45, 2.75) is 174 Å². The quantitative estimate of drug-likeness (QED) is 0.0219. The van der Waals surface area contributed by atoms with Crippen molar-refractivity contribution in [1.29, 1.82) is 0 Å². The Morgan fingerprint density at radius 1 is 0.596 bits per heavy atom. The number of hydrogen-bond donors (Lipinski definition) is 1. The van der Waals surface area contributed by atoms with E-state index >= 15 is 0 Å². The van der Waals surface area contributed by atoms with Crippen LogP contribution in [-0.4, -0.2) is 74.9 Å². The van der Waals surface area contributed by atoms with Gasteiger partial charge < -0.3 is 18.9 Å². The number of rotatable bonds is 37. The molecule has 10 heteroatoms. The number of hydrogen-bond acceptors (Lipinski definition) is 7. The largest absolute Gasteiger partial charge is 0.472 e. The van der Waals surface area contributed by atoms with E-state index in [1.165, 1.54) is 57.8 Å². The van der Waals surface area contributed by atoms with E-state index in [4.69, 9.17) is 18.5 Å². The van der Waals surface area contributed by atoms with E-state index in [1.807, 2.05) is 21.1 Å². The summed E-state index contributed by atoms with van der Waals surface area (Å²) in [5, 5.41) is 0. The summed E-state index contributed by atoms with van der Waals surface area (Å²) in [5.41, 5.74) is 0. The van der Waals surface area contributed by atoms with E-state index in [9.17, 15) is 19.0 Å². The average Bonchev–Trinajstić information content (AvgIpc) is 3.09. The molecule has 9 nitrogen and oxygen atoms in total. The fourth-order valence-corrected chi connectivity index (χ4v) is 6.06. The van der Waals surface area contributed by atoms with Crippen molar-refractivity contribution in [3.63, 3.8) is 0 Å².